The molecule has 2 rings (SSSR count). The third-order valence-corrected chi connectivity index (χ3v) is 4.55. The van der Waals surface area contributed by atoms with Crippen molar-refractivity contribution in [3.63, 3.8) is 0 Å². The highest BCUT2D eigenvalue weighted by atomic mass is 16.5. The first-order chi connectivity index (χ1) is 11.8. The van der Waals surface area contributed by atoms with E-state index in [0.717, 1.165) is 16.9 Å². The van der Waals surface area contributed by atoms with Crippen LogP contribution in [0.25, 0.3) is 0 Å². The smallest absolute Gasteiger partial charge is 0.317 e. The van der Waals surface area contributed by atoms with Crippen LogP contribution in [0.3, 0.4) is 0 Å². The number of carbonyl (C=O) groups is 2. The number of nitrogens with one attached hydrogen (secondary N) is 1. The van der Waals surface area contributed by atoms with Gasteiger partial charge in [-0.05, 0) is 44.2 Å². The summed E-state index contributed by atoms with van der Waals surface area (Å²) in [4.78, 5) is 25.3. The molecular formula is C19H28N2O4. The number of ether oxygens (including phenoxy) is 1. The van der Waals surface area contributed by atoms with E-state index in [1.807, 2.05) is 45.9 Å². The van der Waals surface area contributed by atoms with Gasteiger partial charge in [-0.3, -0.25) is 4.79 Å². The number of aryl methyl sites for hydroxylation is 2. The molecule has 6 heteroatoms. The van der Waals surface area contributed by atoms with Gasteiger partial charge in [0, 0.05) is 13.1 Å². The van der Waals surface area contributed by atoms with Gasteiger partial charge in [0.05, 0.1) is 12.0 Å². The lowest BCUT2D eigenvalue weighted by molar-refractivity contribution is -0.143. The molecule has 0 saturated carbocycles. The quantitative estimate of drug-likeness (QED) is 0.858. The van der Waals surface area contributed by atoms with Crippen LogP contribution >= 0.6 is 0 Å². The molecule has 0 radical (unpaired) electrons. The van der Waals surface area contributed by atoms with Crippen LogP contribution in [0.5, 0.6) is 5.75 Å². The van der Waals surface area contributed by atoms with E-state index in [9.17, 15) is 14.7 Å². The molecule has 3 atom stereocenters. The van der Waals surface area contributed by atoms with E-state index in [0.29, 0.717) is 19.6 Å². The van der Waals surface area contributed by atoms with Crippen LogP contribution in [0.15, 0.2) is 18.2 Å². The highest BCUT2D eigenvalue weighted by molar-refractivity contribution is 5.76. The molecule has 1 aliphatic rings. The van der Waals surface area contributed by atoms with E-state index >= 15 is 0 Å². The van der Waals surface area contributed by atoms with Crippen molar-refractivity contribution in [2.75, 3.05) is 19.7 Å². The zero-order valence-corrected chi connectivity index (χ0v) is 15.4. The van der Waals surface area contributed by atoms with Crippen molar-refractivity contribution < 1.29 is 19.4 Å². The van der Waals surface area contributed by atoms with E-state index in [1.165, 1.54) is 0 Å². The van der Waals surface area contributed by atoms with Crippen LogP contribution in [-0.4, -0.2) is 47.7 Å². The molecule has 0 bridgehead atoms. The van der Waals surface area contributed by atoms with Crippen molar-refractivity contribution in [3.05, 3.63) is 29.3 Å². The summed E-state index contributed by atoms with van der Waals surface area (Å²) >= 11 is 0. The molecule has 1 fully saturated rings. The van der Waals surface area contributed by atoms with Crippen LogP contribution in [0.2, 0.25) is 0 Å². The maximum absolute atomic E-state index is 12.4. The number of urea groups is 1. The summed E-state index contributed by atoms with van der Waals surface area (Å²) in [6.07, 6.45) is 0.615. The summed E-state index contributed by atoms with van der Waals surface area (Å²) in [5.41, 5.74) is 2.13. The summed E-state index contributed by atoms with van der Waals surface area (Å²) in [7, 11) is 0. The molecule has 25 heavy (non-hydrogen) atoms. The molecular weight excluding hydrogens is 320 g/mol. The number of para-hydroxylation sites is 1. The van der Waals surface area contributed by atoms with E-state index in [4.69, 9.17) is 4.74 Å². The fourth-order valence-corrected chi connectivity index (χ4v) is 3.28. The highest BCUT2D eigenvalue weighted by Crippen LogP contribution is 2.23. The normalized spacial score (nSPS) is 21.5. The van der Waals surface area contributed by atoms with Crippen molar-refractivity contribution in [2.24, 2.45) is 11.8 Å². The van der Waals surface area contributed by atoms with Gasteiger partial charge in [-0.25, -0.2) is 4.79 Å². The molecule has 3 unspecified atom stereocenters. The number of carboxylic acids is 1. The van der Waals surface area contributed by atoms with Crippen molar-refractivity contribution in [1.29, 1.82) is 0 Å². The molecule has 2 N–H and O–H groups in total. The zero-order chi connectivity index (χ0) is 18.6. The highest BCUT2D eigenvalue weighted by Gasteiger charge is 2.32. The lowest BCUT2D eigenvalue weighted by Gasteiger charge is -2.35. The SMILES string of the molecule is Cc1cccc(C)c1OCC(C)NC(=O)N1CC(C)CC(C(=O)O)C1. The molecule has 0 aromatic heterocycles. The van der Waals surface area contributed by atoms with Crippen molar-refractivity contribution in [1.82, 2.24) is 10.2 Å². The summed E-state index contributed by atoms with van der Waals surface area (Å²) in [6.45, 7) is 9.05. The number of aliphatic carboxylic acids is 1. The third-order valence-electron chi connectivity index (χ3n) is 4.55. The topological polar surface area (TPSA) is 78.9 Å². The minimum Gasteiger partial charge on any atom is -0.491 e. The monoisotopic (exact) mass is 348 g/mol. The number of carbonyl (C=O) groups excluding carboxylic acids is 1. The first-order valence-electron chi connectivity index (χ1n) is 8.75. The van der Waals surface area contributed by atoms with Crippen LogP contribution in [0.1, 0.15) is 31.4 Å². The Morgan fingerprint density at radius 2 is 1.96 bits per heavy atom. The van der Waals surface area contributed by atoms with Gasteiger partial charge in [0.2, 0.25) is 0 Å². The lowest BCUT2D eigenvalue weighted by atomic mass is 9.91. The number of hydrogen-bond acceptors (Lipinski definition) is 3. The van der Waals surface area contributed by atoms with Gasteiger partial charge in [0.25, 0.3) is 0 Å². The molecule has 6 nitrogen and oxygen atoms in total. The van der Waals surface area contributed by atoms with Gasteiger partial charge >= 0.3 is 12.0 Å². The number of hydrogen-bond donors (Lipinski definition) is 2. The minimum absolute atomic E-state index is 0.174. The van der Waals surface area contributed by atoms with Gasteiger partial charge in [-0.1, -0.05) is 25.1 Å². The van der Waals surface area contributed by atoms with Gasteiger partial charge in [0.1, 0.15) is 12.4 Å². The second-order valence-corrected chi connectivity index (χ2v) is 7.16. The Hall–Kier alpha value is -2.24. The van der Waals surface area contributed by atoms with Gasteiger partial charge < -0.3 is 20.1 Å². The van der Waals surface area contributed by atoms with E-state index in [1.54, 1.807) is 4.90 Å². The van der Waals surface area contributed by atoms with Gasteiger partial charge in [-0.2, -0.15) is 0 Å². The third kappa shape index (κ3) is 5.11. The Morgan fingerprint density at radius 1 is 1.32 bits per heavy atom. The van der Waals surface area contributed by atoms with Crippen LogP contribution in [0, 0.1) is 25.7 Å². The molecule has 2 amide bonds. The Kier molecular flexibility index (Phi) is 6.28. The molecule has 1 saturated heterocycles. The Labute approximate surface area is 149 Å². The fourth-order valence-electron chi connectivity index (χ4n) is 3.28. The van der Waals surface area contributed by atoms with Crippen molar-refractivity contribution in [3.8, 4) is 5.75 Å². The summed E-state index contributed by atoms with van der Waals surface area (Å²) in [5.74, 6) is -0.297. The number of benzene rings is 1. The lowest BCUT2D eigenvalue weighted by Crippen LogP contribution is -2.52. The van der Waals surface area contributed by atoms with Crippen LogP contribution < -0.4 is 10.1 Å². The number of piperidine rings is 1. The van der Waals surface area contributed by atoms with Gasteiger partial charge in [-0.15, -0.1) is 0 Å². The zero-order valence-electron chi connectivity index (χ0n) is 15.4. The summed E-state index contributed by atoms with van der Waals surface area (Å²) in [5, 5.41) is 12.1. The molecule has 0 aliphatic carbocycles. The first kappa shape index (κ1) is 19.1. The van der Waals surface area contributed by atoms with Crippen molar-refractivity contribution in [2.45, 2.75) is 40.2 Å². The minimum atomic E-state index is -0.837. The number of amides is 2. The molecule has 1 heterocycles. The number of rotatable bonds is 5. The number of likely N-dealkylation sites (tertiary alicyclic amines) is 1. The molecule has 1 aliphatic heterocycles. The maximum atomic E-state index is 12.4. The largest absolute Gasteiger partial charge is 0.491 e. The standard InChI is InChI=1S/C19H28N2O4/c1-12-8-16(18(22)23)10-21(9-12)19(24)20-15(4)11-25-17-13(2)6-5-7-14(17)3/h5-7,12,15-16H,8-11H2,1-4H3,(H,20,24)(H,22,23). The Balaban J connectivity index is 1.88. The van der Waals surface area contributed by atoms with Crippen LogP contribution in [0.4, 0.5) is 4.79 Å². The number of nitrogens with zero attached hydrogens (tertiary/aromatic N) is 1. The van der Waals surface area contributed by atoms with Gasteiger partial charge in [0.15, 0.2) is 0 Å². The Morgan fingerprint density at radius 3 is 2.56 bits per heavy atom. The second kappa shape index (κ2) is 8.23. The molecule has 0 spiro atoms. The fraction of sp³-hybridized carbons (Fsp3) is 0.579. The molecule has 1 aromatic rings. The average Bonchev–Trinajstić information content (AvgIpc) is 2.53. The maximum Gasteiger partial charge on any atom is 0.317 e. The first-order valence-corrected chi connectivity index (χ1v) is 8.75. The van der Waals surface area contributed by atoms with Crippen LogP contribution in [-0.2, 0) is 4.79 Å². The summed E-state index contributed by atoms with van der Waals surface area (Å²) in [6, 6.07) is 5.57. The van der Waals surface area contributed by atoms with Crippen molar-refractivity contribution >= 4 is 12.0 Å². The predicted octanol–water partition coefficient (Wildman–Crippen LogP) is 2.82. The molecule has 138 valence electrons. The number of carboxylic acid groups (broad SMARTS) is 1. The predicted molar refractivity (Wildman–Crippen MR) is 95.9 cm³/mol. The summed E-state index contributed by atoms with van der Waals surface area (Å²) < 4.78 is 5.87. The van der Waals surface area contributed by atoms with E-state index in [2.05, 4.69) is 5.32 Å². The van der Waals surface area contributed by atoms with E-state index < -0.39 is 11.9 Å². The van der Waals surface area contributed by atoms with E-state index in [-0.39, 0.29) is 24.5 Å². The Bertz CT molecular complexity index is 612. The second-order valence-electron chi connectivity index (χ2n) is 7.16. The average molecular weight is 348 g/mol. The molecule has 1 aromatic carbocycles.